The number of nitrogens with one attached hydrogen (secondary N) is 3. The van der Waals surface area contributed by atoms with Gasteiger partial charge in [0.1, 0.15) is 12.3 Å². The van der Waals surface area contributed by atoms with E-state index in [1.807, 2.05) is 6.92 Å². The Morgan fingerprint density at radius 2 is 1.95 bits per heavy atom. The summed E-state index contributed by atoms with van der Waals surface area (Å²) in [6.07, 6.45) is 4.81. The third-order valence-corrected chi connectivity index (χ3v) is 3.57. The molecule has 0 heterocycles. The van der Waals surface area contributed by atoms with Crippen molar-refractivity contribution in [2.24, 2.45) is 4.99 Å². The van der Waals surface area contributed by atoms with Gasteiger partial charge in [-0.3, -0.25) is 4.79 Å². The number of guanidine groups is 1. The van der Waals surface area contributed by atoms with Crippen molar-refractivity contribution >= 4 is 17.6 Å². The third-order valence-electron chi connectivity index (χ3n) is 3.57. The molecule has 120 valence electrons. The molecule has 1 fully saturated rings. The molecule has 1 aromatic carbocycles. The van der Waals surface area contributed by atoms with Crippen molar-refractivity contribution in [1.82, 2.24) is 10.6 Å². The highest BCUT2D eigenvalue weighted by molar-refractivity contribution is 5.94. The van der Waals surface area contributed by atoms with Crippen LogP contribution < -0.4 is 16.0 Å². The van der Waals surface area contributed by atoms with Gasteiger partial charge in [0, 0.05) is 18.3 Å². The first-order chi connectivity index (χ1) is 10.7. The summed E-state index contributed by atoms with van der Waals surface area (Å²) in [5.74, 6) is 0.677. The van der Waals surface area contributed by atoms with Crippen LogP contribution in [0, 0.1) is 0 Å². The van der Waals surface area contributed by atoms with Gasteiger partial charge in [0.15, 0.2) is 5.96 Å². The van der Waals surface area contributed by atoms with Crippen LogP contribution in [0.15, 0.2) is 29.3 Å². The number of carbonyl (C=O) groups excluding carboxylic acids is 1. The van der Waals surface area contributed by atoms with Gasteiger partial charge in [0.05, 0.1) is 0 Å². The molecule has 1 aromatic rings. The number of nitrogens with zero attached hydrogens (tertiary/aromatic N) is 1. The molecule has 0 unspecified atom stereocenters. The van der Waals surface area contributed by atoms with E-state index in [4.69, 9.17) is 0 Å². The molecule has 0 spiro atoms. The van der Waals surface area contributed by atoms with Crippen molar-refractivity contribution in [3.8, 4) is 5.75 Å². The second-order valence-electron chi connectivity index (χ2n) is 5.42. The molecule has 6 nitrogen and oxygen atoms in total. The quantitative estimate of drug-likeness (QED) is 0.380. The van der Waals surface area contributed by atoms with E-state index in [1.54, 1.807) is 12.1 Å². The summed E-state index contributed by atoms with van der Waals surface area (Å²) < 4.78 is 0. The summed E-state index contributed by atoms with van der Waals surface area (Å²) in [6, 6.07) is 6.82. The van der Waals surface area contributed by atoms with Crippen molar-refractivity contribution in [2.45, 2.75) is 38.6 Å². The lowest BCUT2D eigenvalue weighted by Gasteiger charge is -2.16. The van der Waals surface area contributed by atoms with Crippen LogP contribution in [0.3, 0.4) is 0 Å². The lowest BCUT2D eigenvalue weighted by atomic mass is 10.2. The molecular weight excluding hydrogens is 280 g/mol. The number of phenolic OH excluding ortho intramolecular Hbond substituents is 1. The zero-order chi connectivity index (χ0) is 15.8. The van der Waals surface area contributed by atoms with Crippen molar-refractivity contribution in [3.63, 3.8) is 0 Å². The number of anilines is 1. The van der Waals surface area contributed by atoms with E-state index >= 15 is 0 Å². The summed E-state index contributed by atoms with van der Waals surface area (Å²) in [7, 11) is 0. The molecule has 2 rings (SSSR count). The summed E-state index contributed by atoms with van der Waals surface area (Å²) in [6.45, 7) is 2.82. The fourth-order valence-electron chi connectivity index (χ4n) is 2.48. The number of rotatable bonds is 5. The number of carbonyl (C=O) groups is 1. The Morgan fingerprint density at radius 3 is 2.59 bits per heavy atom. The first-order valence-corrected chi connectivity index (χ1v) is 7.81. The Morgan fingerprint density at radius 1 is 1.27 bits per heavy atom. The van der Waals surface area contributed by atoms with Gasteiger partial charge in [0.25, 0.3) is 0 Å². The summed E-state index contributed by atoms with van der Waals surface area (Å²) in [5.41, 5.74) is 0.645. The van der Waals surface area contributed by atoms with E-state index < -0.39 is 0 Å². The van der Waals surface area contributed by atoms with Crippen LogP contribution in [0.2, 0.25) is 0 Å². The molecule has 0 bridgehead atoms. The van der Waals surface area contributed by atoms with Crippen molar-refractivity contribution < 1.29 is 9.90 Å². The van der Waals surface area contributed by atoms with Crippen molar-refractivity contribution in [1.29, 1.82) is 0 Å². The molecule has 1 saturated carbocycles. The van der Waals surface area contributed by atoms with Crippen LogP contribution in [0.1, 0.15) is 32.6 Å². The minimum Gasteiger partial charge on any atom is -0.508 e. The van der Waals surface area contributed by atoms with Crippen LogP contribution in [0.25, 0.3) is 0 Å². The molecule has 4 N–H and O–H groups in total. The smallest absolute Gasteiger partial charge is 0.246 e. The van der Waals surface area contributed by atoms with Gasteiger partial charge >= 0.3 is 0 Å². The number of hydrogen-bond acceptors (Lipinski definition) is 3. The van der Waals surface area contributed by atoms with E-state index in [2.05, 4.69) is 20.9 Å². The molecule has 1 amide bonds. The van der Waals surface area contributed by atoms with Gasteiger partial charge in [-0.05, 0) is 44.0 Å². The Bertz CT molecular complexity index is 507. The molecule has 22 heavy (non-hydrogen) atoms. The highest BCUT2D eigenvalue weighted by Crippen LogP contribution is 2.17. The maximum Gasteiger partial charge on any atom is 0.246 e. The maximum atomic E-state index is 11.9. The fourth-order valence-corrected chi connectivity index (χ4v) is 2.48. The second kappa shape index (κ2) is 8.26. The topological polar surface area (TPSA) is 85.8 Å². The molecule has 0 atom stereocenters. The normalized spacial score (nSPS) is 15.6. The van der Waals surface area contributed by atoms with Gasteiger partial charge in [-0.2, -0.15) is 0 Å². The summed E-state index contributed by atoms with van der Waals surface area (Å²) >= 11 is 0. The molecular formula is C16H24N4O2. The minimum atomic E-state index is -0.186. The lowest BCUT2D eigenvalue weighted by molar-refractivity contribution is -0.114. The van der Waals surface area contributed by atoms with Crippen molar-refractivity contribution in [3.05, 3.63) is 24.3 Å². The zero-order valence-corrected chi connectivity index (χ0v) is 12.9. The highest BCUT2D eigenvalue weighted by atomic mass is 16.3. The number of hydrogen-bond donors (Lipinski definition) is 4. The predicted octanol–water partition coefficient (Wildman–Crippen LogP) is 1.83. The van der Waals surface area contributed by atoms with Crippen LogP contribution in [0.5, 0.6) is 5.75 Å². The van der Waals surface area contributed by atoms with Crippen LogP contribution >= 0.6 is 0 Å². The first-order valence-electron chi connectivity index (χ1n) is 7.81. The number of amides is 1. The van der Waals surface area contributed by atoms with Gasteiger partial charge in [-0.1, -0.05) is 12.8 Å². The van der Waals surface area contributed by atoms with Crippen LogP contribution in [0.4, 0.5) is 5.69 Å². The predicted molar refractivity (Wildman–Crippen MR) is 88.1 cm³/mol. The van der Waals surface area contributed by atoms with E-state index in [0.29, 0.717) is 17.7 Å². The summed E-state index contributed by atoms with van der Waals surface area (Å²) in [5, 5.41) is 18.5. The van der Waals surface area contributed by atoms with Crippen LogP contribution in [-0.2, 0) is 4.79 Å². The molecule has 0 aliphatic heterocycles. The second-order valence-corrected chi connectivity index (χ2v) is 5.42. The largest absolute Gasteiger partial charge is 0.508 e. The Kier molecular flexibility index (Phi) is 6.06. The Hall–Kier alpha value is -2.24. The Balaban J connectivity index is 1.85. The number of aliphatic imine (C=N–C) groups is 1. The van der Waals surface area contributed by atoms with Crippen LogP contribution in [-0.4, -0.2) is 36.1 Å². The standard InChI is InChI=1S/C16H24N4O2/c1-2-17-16(20-12-5-3-4-6-12)18-11-15(22)19-13-7-9-14(21)10-8-13/h7-10,12,21H,2-6,11H2,1H3,(H,19,22)(H2,17,18,20). The lowest BCUT2D eigenvalue weighted by Crippen LogP contribution is -2.42. The number of phenols is 1. The molecule has 1 aliphatic carbocycles. The Labute approximate surface area is 131 Å². The molecule has 0 radical (unpaired) electrons. The van der Waals surface area contributed by atoms with Gasteiger partial charge < -0.3 is 21.1 Å². The average Bonchev–Trinajstić information content (AvgIpc) is 3.00. The van der Waals surface area contributed by atoms with E-state index in [-0.39, 0.29) is 18.2 Å². The van der Waals surface area contributed by atoms with Gasteiger partial charge in [0.2, 0.25) is 5.91 Å². The van der Waals surface area contributed by atoms with Crippen molar-refractivity contribution in [2.75, 3.05) is 18.4 Å². The average molecular weight is 304 g/mol. The van der Waals surface area contributed by atoms with E-state index in [0.717, 1.165) is 19.4 Å². The number of aromatic hydroxyl groups is 1. The molecule has 1 aliphatic rings. The summed E-state index contributed by atoms with van der Waals surface area (Å²) in [4.78, 5) is 16.2. The first kappa shape index (κ1) is 16.1. The van der Waals surface area contributed by atoms with E-state index in [9.17, 15) is 9.90 Å². The monoisotopic (exact) mass is 304 g/mol. The molecule has 6 heteroatoms. The van der Waals surface area contributed by atoms with E-state index in [1.165, 1.54) is 25.0 Å². The SMILES string of the molecule is CCNC(=NCC(=O)Nc1ccc(O)cc1)NC1CCCC1. The van der Waals surface area contributed by atoms with Gasteiger partial charge in [-0.25, -0.2) is 4.99 Å². The molecule has 0 aromatic heterocycles. The van der Waals surface area contributed by atoms with Gasteiger partial charge in [-0.15, -0.1) is 0 Å². The molecule has 0 saturated heterocycles. The minimum absolute atomic E-state index is 0.0585. The number of benzene rings is 1. The highest BCUT2D eigenvalue weighted by Gasteiger charge is 2.16. The maximum absolute atomic E-state index is 11.9. The fraction of sp³-hybridized carbons (Fsp3) is 0.500. The zero-order valence-electron chi connectivity index (χ0n) is 12.9. The third kappa shape index (κ3) is 5.27.